The molecule has 6 rings (SSSR count). The molecule has 0 saturated carbocycles. The number of carboxylic acids is 1. The van der Waals surface area contributed by atoms with Crippen LogP contribution in [0.4, 0.5) is 19.2 Å². The molecular weight excluding hydrogens is 1260 g/mol. The number of halogens is 1. The first-order valence-electron chi connectivity index (χ1n) is 30.8. The van der Waals surface area contributed by atoms with E-state index >= 15 is 0 Å². The largest absolute Gasteiger partial charge is 0.481 e. The molecule has 6 aromatic carbocycles. The third-order valence-corrected chi connectivity index (χ3v) is 14.1. The number of amides is 4. The van der Waals surface area contributed by atoms with Gasteiger partial charge in [-0.3, -0.25) is 9.59 Å². The van der Waals surface area contributed by atoms with E-state index in [2.05, 4.69) is 21.3 Å². The van der Waals surface area contributed by atoms with E-state index in [1.807, 2.05) is 36.4 Å². The lowest BCUT2D eigenvalue weighted by atomic mass is 10.0. The molecule has 0 radical (unpaired) electrons. The van der Waals surface area contributed by atoms with Gasteiger partial charge in [0, 0.05) is 12.8 Å². The average Bonchev–Trinajstić information content (AvgIpc) is 0.869. The summed E-state index contributed by atoms with van der Waals surface area (Å²) in [5.41, 5.74) is 4.09. The first kappa shape index (κ1) is 76.2. The van der Waals surface area contributed by atoms with Crippen LogP contribution in [0.2, 0.25) is 0 Å². The SMILES string of the molecule is CC(C)[C@H](NC(=O)OCc1ccccc1)C(=O)Oc1ccc(CCC(=O)O)cc1OC(=O)[C@@H](NC(=O)OCc1ccccc1)C(C)C.CC(C)[C@H](NC(=O)OCc1ccccc1)C(=O)Oc1ccc(CCC(=O)OCCl)cc1OC(=O)[C@@H](NC(=O)OCc1ccccc1)C(C)C. The summed E-state index contributed by atoms with van der Waals surface area (Å²) in [6, 6.07) is 40.0. The molecule has 0 aliphatic carbocycles. The Morgan fingerprint density at radius 2 is 0.604 bits per heavy atom. The normalized spacial score (nSPS) is 12.0. The Bertz CT molecular complexity index is 3520. The molecule has 0 spiro atoms. The number of aliphatic carboxylic acids is 1. The lowest BCUT2D eigenvalue weighted by Gasteiger charge is -2.23. The second-order valence-corrected chi connectivity index (χ2v) is 23.2. The Balaban J connectivity index is 0.000000348. The zero-order valence-electron chi connectivity index (χ0n) is 54.6. The van der Waals surface area contributed by atoms with E-state index in [4.69, 9.17) is 59.3 Å². The molecule has 0 heterocycles. The van der Waals surface area contributed by atoms with Crippen molar-refractivity contribution in [2.24, 2.45) is 23.7 Å². The standard InChI is InChI=1S/C36H41ClN2O10.C35H40N2O10/c1-23(2)31(38-35(43)45-20-26-11-7-5-8-12-26)33(41)48-28-17-15-25(16-18-30(40)47-22-37)19-29(28)49-34(42)32(24(3)4)39-36(44)46-21-27-13-9-6-10-14-27;1-22(2)30(36-34(42)44-20-25-11-7-5-8-12-25)32(40)46-27-17-15-24(16-18-29(38)39)19-28(27)47-33(41)31(23(3)4)37-35(43)45-21-26-13-9-6-10-14-26/h5-15,17,19,23-24,31-32H,16,18,20-22H2,1-4H3,(H,38,43)(H,39,44);5-15,17,19,22-23,30-31H,16,18,20-21H2,1-4H3,(H,36,42)(H,37,43)(H,38,39)/t31-,32-;30-,31-/m00/s1. The van der Waals surface area contributed by atoms with E-state index in [0.717, 1.165) is 22.3 Å². The summed E-state index contributed by atoms with van der Waals surface area (Å²) in [5.74, 6) is -7.27. The van der Waals surface area contributed by atoms with E-state index in [1.165, 1.54) is 30.3 Å². The fourth-order valence-electron chi connectivity index (χ4n) is 8.62. The molecular formula is C71H81ClN4O20. The van der Waals surface area contributed by atoms with Gasteiger partial charge in [-0.15, -0.1) is 0 Å². The molecule has 0 bridgehead atoms. The monoisotopic (exact) mass is 1340 g/mol. The Hall–Kier alpha value is -10.5. The molecule has 5 N–H and O–H groups in total. The number of benzene rings is 6. The number of esters is 5. The zero-order chi connectivity index (χ0) is 70.1. The Labute approximate surface area is 561 Å². The van der Waals surface area contributed by atoms with Gasteiger partial charge >= 0.3 is 60.2 Å². The molecule has 0 unspecified atom stereocenters. The number of alkyl halides is 1. The highest BCUT2D eigenvalue weighted by Gasteiger charge is 2.33. The smallest absolute Gasteiger partial charge is 0.408 e. The van der Waals surface area contributed by atoms with Crippen LogP contribution >= 0.6 is 11.6 Å². The Morgan fingerprint density at radius 1 is 0.344 bits per heavy atom. The van der Waals surface area contributed by atoms with Crippen molar-refractivity contribution in [2.45, 2.75) is 132 Å². The summed E-state index contributed by atoms with van der Waals surface area (Å²) in [5, 5.41) is 19.2. The van der Waals surface area contributed by atoms with Gasteiger partial charge < -0.3 is 69.0 Å². The maximum Gasteiger partial charge on any atom is 0.408 e. The van der Waals surface area contributed by atoms with E-state index in [1.54, 1.807) is 146 Å². The number of ether oxygens (including phenoxy) is 9. The number of hydrogen-bond donors (Lipinski definition) is 5. The molecule has 512 valence electrons. The third-order valence-electron chi connectivity index (χ3n) is 13.9. The van der Waals surface area contributed by atoms with Crippen molar-refractivity contribution in [1.82, 2.24) is 21.3 Å². The van der Waals surface area contributed by atoms with Crippen LogP contribution in [0.25, 0.3) is 0 Å². The summed E-state index contributed by atoms with van der Waals surface area (Å²) in [4.78, 5) is 127. The third kappa shape index (κ3) is 27.2. The average molecular weight is 1350 g/mol. The van der Waals surface area contributed by atoms with Crippen molar-refractivity contribution >= 4 is 71.8 Å². The van der Waals surface area contributed by atoms with Crippen LogP contribution in [0.15, 0.2) is 158 Å². The fraction of sp³-hybridized carbons (Fsp3) is 0.352. The summed E-state index contributed by atoms with van der Waals surface area (Å²) >= 11 is 5.47. The lowest BCUT2D eigenvalue weighted by molar-refractivity contribution is -0.142. The molecule has 6 aromatic rings. The first-order chi connectivity index (χ1) is 45.9. The molecule has 0 aromatic heterocycles. The number of nitrogens with one attached hydrogen (secondary N) is 4. The lowest BCUT2D eigenvalue weighted by Crippen LogP contribution is -2.47. The van der Waals surface area contributed by atoms with Crippen molar-refractivity contribution in [3.63, 3.8) is 0 Å². The summed E-state index contributed by atoms with van der Waals surface area (Å²) in [6.07, 6.45) is -3.24. The minimum atomic E-state index is -1.14. The predicted octanol–water partition coefficient (Wildman–Crippen LogP) is 11.5. The van der Waals surface area contributed by atoms with Crippen LogP contribution in [0, 0.1) is 23.7 Å². The number of carboxylic acid groups (broad SMARTS) is 1. The molecule has 0 saturated heterocycles. The second kappa shape index (κ2) is 39.9. The van der Waals surface area contributed by atoms with Gasteiger partial charge in [0.15, 0.2) is 29.1 Å². The molecule has 0 aliphatic heterocycles. The minimum Gasteiger partial charge on any atom is -0.481 e. The Morgan fingerprint density at radius 3 is 0.854 bits per heavy atom. The van der Waals surface area contributed by atoms with Crippen molar-refractivity contribution in [3.05, 3.63) is 191 Å². The molecule has 0 fully saturated rings. The second-order valence-electron chi connectivity index (χ2n) is 23.0. The van der Waals surface area contributed by atoms with Crippen molar-refractivity contribution < 1.29 is 95.7 Å². The number of alkyl carbamates (subject to hydrolysis) is 4. The van der Waals surface area contributed by atoms with Crippen LogP contribution < -0.4 is 40.2 Å². The summed E-state index contributed by atoms with van der Waals surface area (Å²) < 4.78 is 48.4. The van der Waals surface area contributed by atoms with Gasteiger partial charge in [-0.2, -0.15) is 0 Å². The molecule has 24 nitrogen and oxygen atoms in total. The summed E-state index contributed by atoms with van der Waals surface area (Å²) in [6.45, 7) is 13.6. The Kier molecular flexibility index (Phi) is 31.7. The van der Waals surface area contributed by atoms with Crippen LogP contribution in [-0.4, -0.2) is 95.5 Å². The highest BCUT2D eigenvalue weighted by atomic mass is 35.5. The van der Waals surface area contributed by atoms with E-state index in [-0.39, 0.29) is 81.2 Å². The molecule has 25 heteroatoms. The number of carbonyl (C=O) groups is 10. The topological polar surface area (TPSA) is 322 Å². The van der Waals surface area contributed by atoms with Crippen molar-refractivity contribution in [2.75, 3.05) is 6.07 Å². The van der Waals surface area contributed by atoms with Gasteiger partial charge in [-0.1, -0.05) is 200 Å². The highest BCUT2D eigenvalue weighted by molar-refractivity contribution is 6.17. The van der Waals surface area contributed by atoms with E-state index in [9.17, 15) is 47.9 Å². The summed E-state index contributed by atoms with van der Waals surface area (Å²) in [7, 11) is 0. The molecule has 4 atom stereocenters. The maximum absolute atomic E-state index is 13.4. The van der Waals surface area contributed by atoms with Gasteiger partial charge in [-0.05, 0) is 94.2 Å². The molecule has 4 amide bonds. The van der Waals surface area contributed by atoms with Gasteiger partial charge in [0.2, 0.25) is 0 Å². The van der Waals surface area contributed by atoms with E-state index in [0.29, 0.717) is 11.1 Å². The molecule has 96 heavy (non-hydrogen) atoms. The van der Waals surface area contributed by atoms with Crippen LogP contribution in [0.1, 0.15) is 102 Å². The number of hydrogen-bond acceptors (Lipinski definition) is 19. The maximum atomic E-state index is 13.4. The van der Waals surface area contributed by atoms with Crippen molar-refractivity contribution in [3.8, 4) is 23.0 Å². The highest BCUT2D eigenvalue weighted by Crippen LogP contribution is 2.33. The quantitative estimate of drug-likeness (QED) is 0.0117. The van der Waals surface area contributed by atoms with Crippen LogP contribution in [0.5, 0.6) is 23.0 Å². The number of rotatable bonds is 31. The van der Waals surface area contributed by atoms with E-state index < -0.39 is 108 Å². The van der Waals surface area contributed by atoms with Crippen LogP contribution in [-0.2, 0) is 91.7 Å². The van der Waals surface area contributed by atoms with Gasteiger partial charge in [0.1, 0.15) is 50.6 Å². The van der Waals surface area contributed by atoms with Crippen molar-refractivity contribution in [1.29, 1.82) is 0 Å². The van der Waals surface area contributed by atoms with Gasteiger partial charge in [0.25, 0.3) is 0 Å². The predicted molar refractivity (Wildman–Crippen MR) is 350 cm³/mol. The molecule has 0 aliphatic rings. The van der Waals surface area contributed by atoms with Gasteiger partial charge in [0.05, 0.1) is 0 Å². The fourth-order valence-corrected chi connectivity index (χ4v) is 8.74. The van der Waals surface area contributed by atoms with Crippen LogP contribution in [0.3, 0.4) is 0 Å². The minimum absolute atomic E-state index is 0.00259. The number of aryl methyl sites for hydroxylation is 2. The van der Waals surface area contributed by atoms with Gasteiger partial charge in [-0.25, -0.2) is 38.4 Å². The number of carbonyl (C=O) groups excluding carboxylic acids is 9. The first-order valence-corrected chi connectivity index (χ1v) is 31.4. The zero-order valence-corrected chi connectivity index (χ0v) is 55.3.